The predicted molar refractivity (Wildman–Crippen MR) is 131 cm³/mol. The first-order chi connectivity index (χ1) is 16.5. The van der Waals surface area contributed by atoms with Crippen molar-refractivity contribution in [2.24, 2.45) is 5.41 Å². The van der Waals surface area contributed by atoms with Crippen molar-refractivity contribution in [1.29, 1.82) is 10.5 Å². The molecule has 0 radical (unpaired) electrons. The number of benzene rings is 3. The zero-order chi connectivity index (χ0) is 23.9. The number of ether oxygens (including phenoxy) is 1. The normalized spacial score (nSPS) is 21.6. The maximum absolute atomic E-state index is 14.1. The first-order valence-corrected chi connectivity index (χ1v) is 11.2. The molecule has 6 heteroatoms. The third kappa shape index (κ3) is 3.17. The van der Waals surface area contributed by atoms with Crippen LogP contribution < -0.4 is 9.64 Å². The molecule has 0 spiro atoms. The minimum Gasteiger partial charge on any atom is -0.497 e. The average Bonchev–Trinajstić information content (AvgIpc) is 3.19. The Hall–Kier alpha value is -4.06. The summed E-state index contributed by atoms with van der Waals surface area (Å²) in [7, 11) is 1.57. The van der Waals surface area contributed by atoms with E-state index in [4.69, 9.17) is 16.3 Å². The molecule has 0 unspecified atom stereocenters. The Morgan fingerprint density at radius 2 is 1.68 bits per heavy atom. The van der Waals surface area contributed by atoms with Crippen LogP contribution in [0.3, 0.4) is 0 Å². The quantitative estimate of drug-likeness (QED) is 0.466. The van der Waals surface area contributed by atoms with Crippen molar-refractivity contribution in [3.8, 4) is 17.9 Å². The number of hydrogen-bond donors (Lipinski definition) is 0. The van der Waals surface area contributed by atoms with E-state index in [9.17, 15) is 15.3 Å². The number of halogens is 1. The second-order valence-corrected chi connectivity index (χ2v) is 8.87. The molecular weight excluding hydrogens is 446 g/mol. The largest absolute Gasteiger partial charge is 0.497 e. The van der Waals surface area contributed by atoms with Gasteiger partial charge < -0.3 is 9.64 Å². The minimum absolute atomic E-state index is 0.162. The molecule has 0 saturated carbocycles. The van der Waals surface area contributed by atoms with Crippen molar-refractivity contribution in [2.75, 3.05) is 12.0 Å². The lowest BCUT2D eigenvalue weighted by atomic mass is 9.69. The smallest absolute Gasteiger partial charge is 0.185 e. The highest BCUT2D eigenvalue weighted by atomic mass is 35.5. The molecule has 3 aromatic carbocycles. The summed E-state index contributed by atoms with van der Waals surface area (Å²) < 4.78 is 5.25. The summed E-state index contributed by atoms with van der Waals surface area (Å²) in [6, 6.07) is 25.0. The minimum atomic E-state index is -1.48. The van der Waals surface area contributed by atoms with E-state index < -0.39 is 23.4 Å². The van der Waals surface area contributed by atoms with Gasteiger partial charge in [-0.15, -0.1) is 0 Å². The van der Waals surface area contributed by atoms with Gasteiger partial charge in [-0.3, -0.25) is 4.79 Å². The Bertz CT molecular complexity index is 1350. The number of methoxy groups -OCH3 is 1. The number of Topliss-reactive ketones (excluding diaryl/α,β-unsaturated/α-hetero) is 1. The predicted octanol–water partition coefficient (Wildman–Crippen LogP) is 5.63. The molecule has 2 heterocycles. The zero-order valence-electron chi connectivity index (χ0n) is 18.4. The van der Waals surface area contributed by atoms with Gasteiger partial charge in [-0.25, -0.2) is 0 Å². The van der Waals surface area contributed by atoms with Gasteiger partial charge in [-0.05, 0) is 53.6 Å². The molecule has 5 nitrogen and oxygen atoms in total. The van der Waals surface area contributed by atoms with Gasteiger partial charge in [0.1, 0.15) is 11.8 Å². The van der Waals surface area contributed by atoms with E-state index in [2.05, 4.69) is 12.1 Å². The number of hydrogen-bond acceptors (Lipinski definition) is 5. The standard InChI is InChI=1S/C28H20ClN3O2/c1-34-22-13-8-20(9-14-22)27(33)26-25(19-6-11-21(29)12-7-19)28(16-30,17-31)24-15-10-18-4-2-3-5-23(18)32(24)26/h2-15,24-26H,1H3/t24-,25+,26-/m1/s1. The van der Waals surface area contributed by atoms with E-state index in [-0.39, 0.29) is 5.78 Å². The molecule has 0 aliphatic carbocycles. The SMILES string of the molecule is COc1ccc(C(=O)[C@H]2[C@H](c3ccc(Cl)cc3)C(C#N)(C#N)[C@H]3C=Cc4ccccc4N23)cc1. The topological polar surface area (TPSA) is 77.1 Å². The van der Waals surface area contributed by atoms with Gasteiger partial charge in [-0.2, -0.15) is 10.5 Å². The summed E-state index contributed by atoms with van der Waals surface area (Å²) in [5.74, 6) is -0.218. The number of anilines is 1. The summed E-state index contributed by atoms with van der Waals surface area (Å²) in [4.78, 5) is 16.1. The number of fused-ring (bicyclic) bond motifs is 3. The molecule has 2 aliphatic heterocycles. The van der Waals surface area contributed by atoms with Gasteiger partial charge in [-0.1, -0.05) is 54.1 Å². The molecule has 0 aromatic heterocycles. The van der Waals surface area contributed by atoms with Gasteiger partial charge >= 0.3 is 0 Å². The number of nitrogens with zero attached hydrogens (tertiary/aromatic N) is 3. The maximum atomic E-state index is 14.1. The lowest BCUT2D eigenvalue weighted by molar-refractivity contribution is 0.0951. The van der Waals surface area contributed by atoms with E-state index in [1.807, 2.05) is 41.3 Å². The van der Waals surface area contributed by atoms with Crippen LogP contribution in [-0.4, -0.2) is 25.0 Å². The molecule has 5 rings (SSSR count). The fourth-order valence-corrected chi connectivity index (χ4v) is 5.33. The van der Waals surface area contributed by atoms with Crippen molar-refractivity contribution in [3.63, 3.8) is 0 Å². The average molecular weight is 466 g/mol. The second-order valence-electron chi connectivity index (χ2n) is 8.43. The van der Waals surface area contributed by atoms with Crippen LogP contribution in [0, 0.1) is 28.1 Å². The van der Waals surface area contributed by atoms with Crippen molar-refractivity contribution in [1.82, 2.24) is 0 Å². The highest BCUT2D eigenvalue weighted by molar-refractivity contribution is 6.30. The molecule has 0 N–H and O–H groups in total. The molecule has 166 valence electrons. The van der Waals surface area contributed by atoms with Crippen LogP contribution in [-0.2, 0) is 0 Å². The molecule has 2 aliphatic rings. The van der Waals surface area contributed by atoms with Crippen LogP contribution in [0.15, 0.2) is 78.9 Å². The fraction of sp³-hybridized carbons (Fsp3) is 0.179. The molecule has 0 bridgehead atoms. The summed E-state index contributed by atoms with van der Waals surface area (Å²) in [6.07, 6.45) is 3.80. The van der Waals surface area contributed by atoms with Crippen LogP contribution in [0.2, 0.25) is 5.02 Å². The van der Waals surface area contributed by atoms with E-state index in [0.29, 0.717) is 16.3 Å². The summed E-state index contributed by atoms with van der Waals surface area (Å²) in [5, 5.41) is 21.4. The van der Waals surface area contributed by atoms with Gasteiger partial charge in [0.25, 0.3) is 0 Å². The van der Waals surface area contributed by atoms with Crippen molar-refractivity contribution in [2.45, 2.75) is 18.0 Å². The highest BCUT2D eigenvalue weighted by Crippen LogP contribution is 2.55. The Morgan fingerprint density at radius 3 is 2.32 bits per heavy atom. The van der Waals surface area contributed by atoms with Gasteiger partial charge in [0.05, 0.1) is 25.3 Å². The van der Waals surface area contributed by atoms with Gasteiger partial charge in [0, 0.05) is 22.2 Å². The summed E-state index contributed by atoms with van der Waals surface area (Å²) in [6.45, 7) is 0. The number of carbonyl (C=O) groups excluding carboxylic acids is 1. The van der Waals surface area contributed by atoms with Gasteiger partial charge in [0.2, 0.25) is 0 Å². The number of para-hydroxylation sites is 1. The maximum Gasteiger partial charge on any atom is 0.185 e. The third-order valence-electron chi connectivity index (χ3n) is 6.79. The number of carbonyl (C=O) groups is 1. The molecule has 3 aromatic rings. The van der Waals surface area contributed by atoms with E-state index in [0.717, 1.165) is 16.8 Å². The first-order valence-electron chi connectivity index (χ1n) is 10.9. The Kier molecular flexibility index (Phi) is 5.36. The zero-order valence-corrected chi connectivity index (χ0v) is 19.1. The van der Waals surface area contributed by atoms with Crippen molar-refractivity contribution >= 4 is 29.1 Å². The Labute approximate surface area is 203 Å². The van der Waals surface area contributed by atoms with E-state index in [1.165, 1.54) is 0 Å². The molecule has 3 atom stereocenters. The van der Waals surface area contributed by atoms with Crippen molar-refractivity contribution < 1.29 is 9.53 Å². The van der Waals surface area contributed by atoms with E-state index >= 15 is 0 Å². The van der Waals surface area contributed by atoms with Crippen LogP contribution in [0.25, 0.3) is 6.08 Å². The number of rotatable bonds is 4. The lowest BCUT2D eigenvalue weighted by Gasteiger charge is -2.35. The van der Waals surface area contributed by atoms with E-state index in [1.54, 1.807) is 55.6 Å². The number of ketones is 1. The Morgan fingerprint density at radius 1 is 1.00 bits per heavy atom. The second kappa shape index (κ2) is 8.37. The lowest BCUT2D eigenvalue weighted by Crippen LogP contribution is -2.44. The van der Waals surface area contributed by atoms with Crippen LogP contribution >= 0.6 is 11.6 Å². The molecule has 1 fully saturated rings. The highest BCUT2D eigenvalue weighted by Gasteiger charge is 2.63. The third-order valence-corrected chi connectivity index (χ3v) is 7.04. The van der Waals surface area contributed by atoms with Crippen LogP contribution in [0.5, 0.6) is 5.75 Å². The summed E-state index contributed by atoms with van der Waals surface area (Å²) >= 11 is 6.14. The molecule has 0 amide bonds. The van der Waals surface area contributed by atoms with Crippen LogP contribution in [0.1, 0.15) is 27.4 Å². The molecule has 34 heavy (non-hydrogen) atoms. The van der Waals surface area contributed by atoms with Gasteiger partial charge in [0.15, 0.2) is 11.2 Å². The molecule has 1 saturated heterocycles. The summed E-state index contributed by atoms with van der Waals surface area (Å²) in [5.41, 5.74) is 1.49. The molecular formula is C28H20ClN3O2. The number of nitriles is 2. The first kappa shape index (κ1) is 21.8. The fourth-order valence-electron chi connectivity index (χ4n) is 5.20. The van der Waals surface area contributed by atoms with Crippen molar-refractivity contribution in [3.05, 3.63) is 101 Å². The van der Waals surface area contributed by atoms with Crippen LogP contribution in [0.4, 0.5) is 5.69 Å². The monoisotopic (exact) mass is 465 g/mol. The Balaban J connectivity index is 1.75.